The Kier molecular flexibility index (Phi) is 5.18. The molecule has 7 nitrogen and oxygen atoms in total. The molecule has 1 aliphatic heterocycles. The second-order valence-corrected chi connectivity index (χ2v) is 6.34. The van der Waals surface area contributed by atoms with Crippen molar-refractivity contribution >= 4 is 29.1 Å². The third-order valence-corrected chi connectivity index (χ3v) is 4.24. The molecule has 0 aromatic heterocycles. The Balaban J connectivity index is 1.62. The molecule has 2 aromatic rings. The maximum Gasteiger partial charge on any atom is 0.265 e. The number of carbonyl (C=O) groups excluding carboxylic acids is 3. The van der Waals surface area contributed by atoms with Crippen LogP contribution in [0, 0.1) is 5.82 Å². The summed E-state index contributed by atoms with van der Waals surface area (Å²) in [6.45, 7) is 0. The lowest BCUT2D eigenvalue weighted by molar-refractivity contribution is -0.121. The zero-order valence-electron chi connectivity index (χ0n) is 14.9. The maximum absolute atomic E-state index is 13.0. The first-order chi connectivity index (χ1) is 12.9. The Labute approximate surface area is 155 Å². The first-order valence-electron chi connectivity index (χ1n) is 8.32. The predicted molar refractivity (Wildman–Crippen MR) is 98.7 cm³/mol. The molecule has 1 aliphatic rings. The number of anilines is 2. The van der Waals surface area contributed by atoms with Gasteiger partial charge in [-0.1, -0.05) is 0 Å². The number of amides is 3. The van der Waals surface area contributed by atoms with Gasteiger partial charge in [-0.25, -0.2) is 14.7 Å². The summed E-state index contributed by atoms with van der Waals surface area (Å²) >= 11 is 0. The number of halogens is 1. The third kappa shape index (κ3) is 3.95. The van der Waals surface area contributed by atoms with Gasteiger partial charge in [-0.05, 0) is 48.5 Å². The van der Waals surface area contributed by atoms with Gasteiger partial charge in [0.25, 0.3) is 11.8 Å². The second-order valence-electron chi connectivity index (χ2n) is 6.34. The van der Waals surface area contributed by atoms with Crippen molar-refractivity contribution in [2.24, 2.45) is 0 Å². The summed E-state index contributed by atoms with van der Waals surface area (Å²) in [6, 6.07) is 11.1. The number of imide groups is 1. The van der Waals surface area contributed by atoms with Gasteiger partial charge in [0.05, 0.1) is 12.1 Å². The largest absolute Gasteiger partial charge is 0.378 e. The molecule has 3 amide bonds. The van der Waals surface area contributed by atoms with Crippen molar-refractivity contribution in [3.63, 3.8) is 0 Å². The van der Waals surface area contributed by atoms with Crippen molar-refractivity contribution in [1.29, 1.82) is 0 Å². The van der Waals surface area contributed by atoms with Crippen LogP contribution >= 0.6 is 0 Å². The van der Waals surface area contributed by atoms with Crippen molar-refractivity contribution in [2.75, 3.05) is 23.9 Å². The Morgan fingerprint density at radius 2 is 1.70 bits per heavy atom. The average Bonchev–Trinajstić information content (AvgIpc) is 2.94. The Hall–Kier alpha value is -3.26. The van der Waals surface area contributed by atoms with Gasteiger partial charge < -0.3 is 4.90 Å². The predicted octanol–water partition coefficient (Wildman–Crippen LogP) is 1.46. The van der Waals surface area contributed by atoms with Crippen LogP contribution in [0.25, 0.3) is 0 Å². The number of benzene rings is 2. The summed E-state index contributed by atoms with van der Waals surface area (Å²) in [5.41, 5.74) is 6.73. The first-order valence-corrected chi connectivity index (χ1v) is 8.32. The van der Waals surface area contributed by atoms with Crippen molar-refractivity contribution in [1.82, 2.24) is 10.9 Å². The lowest BCUT2D eigenvalue weighted by Crippen LogP contribution is -2.48. The molecule has 1 heterocycles. The lowest BCUT2D eigenvalue weighted by atomic mass is 10.2. The van der Waals surface area contributed by atoms with Crippen LogP contribution < -0.4 is 20.7 Å². The van der Waals surface area contributed by atoms with E-state index in [1.165, 1.54) is 24.3 Å². The average molecular weight is 370 g/mol. The molecule has 0 unspecified atom stereocenters. The number of carbonyl (C=O) groups is 3. The van der Waals surface area contributed by atoms with Crippen molar-refractivity contribution in [3.8, 4) is 0 Å². The molecule has 27 heavy (non-hydrogen) atoms. The standard InChI is InChI=1S/C19H19FN4O3/c1-23(2)14-7-3-12(4-8-14)18(26)22-21-16-11-17(25)24(19(16)27)15-9-5-13(20)6-10-15/h3-10,16,21H,11H2,1-2H3,(H,22,26)/t16-/m1/s1. The zero-order valence-corrected chi connectivity index (χ0v) is 14.9. The molecule has 0 saturated carbocycles. The second kappa shape index (κ2) is 7.55. The molecule has 0 aliphatic carbocycles. The third-order valence-electron chi connectivity index (χ3n) is 4.24. The summed E-state index contributed by atoms with van der Waals surface area (Å²) in [6.07, 6.45) is -0.101. The molecule has 1 atom stereocenters. The fourth-order valence-electron chi connectivity index (χ4n) is 2.74. The highest BCUT2D eigenvalue weighted by molar-refractivity contribution is 6.22. The zero-order chi connectivity index (χ0) is 19.6. The van der Waals surface area contributed by atoms with Crippen molar-refractivity contribution < 1.29 is 18.8 Å². The molecule has 1 saturated heterocycles. The molecule has 2 aromatic carbocycles. The van der Waals surface area contributed by atoms with Crippen LogP contribution in [0.4, 0.5) is 15.8 Å². The number of hydrogen-bond acceptors (Lipinski definition) is 5. The van der Waals surface area contributed by atoms with E-state index in [1.807, 2.05) is 19.0 Å². The van der Waals surface area contributed by atoms with Gasteiger partial charge in [-0.15, -0.1) is 0 Å². The number of nitrogens with one attached hydrogen (secondary N) is 2. The molecule has 8 heteroatoms. The number of hydrogen-bond donors (Lipinski definition) is 2. The van der Waals surface area contributed by atoms with Crippen LogP contribution in [0.15, 0.2) is 48.5 Å². The van der Waals surface area contributed by atoms with Crippen LogP contribution in [-0.2, 0) is 9.59 Å². The Morgan fingerprint density at radius 1 is 1.07 bits per heavy atom. The van der Waals surface area contributed by atoms with Crippen LogP contribution in [0.2, 0.25) is 0 Å². The lowest BCUT2D eigenvalue weighted by Gasteiger charge is -2.16. The molecular weight excluding hydrogens is 351 g/mol. The van der Waals surface area contributed by atoms with E-state index in [2.05, 4.69) is 10.9 Å². The quantitative estimate of drug-likeness (QED) is 0.615. The van der Waals surface area contributed by atoms with E-state index in [1.54, 1.807) is 24.3 Å². The molecule has 0 radical (unpaired) electrons. The summed E-state index contributed by atoms with van der Waals surface area (Å²) in [4.78, 5) is 39.7. The van der Waals surface area contributed by atoms with Gasteiger partial charge in [0.15, 0.2) is 0 Å². The van der Waals surface area contributed by atoms with Gasteiger partial charge in [-0.2, -0.15) is 0 Å². The Bertz CT molecular complexity index is 866. The van der Waals surface area contributed by atoms with Crippen LogP contribution in [0.3, 0.4) is 0 Å². The van der Waals surface area contributed by atoms with E-state index in [4.69, 9.17) is 0 Å². The molecule has 0 spiro atoms. The van der Waals surface area contributed by atoms with E-state index in [0.717, 1.165) is 10.6 Å². The van der Waals surface area contributed by atoms with E-state index >= 15 is 0 Å². The van der Waals surface area contributed by atoms with E-state index in [0.29, 0.717) is 11.3 Å². The van der Waals surface area contributed by atoms with Gasteiger partial charge in [0, 0.05) is 25.3 Å². The van der Waals surface area contributed by atoms with Crippen LogP contribution in [0.5, 0.6) is 0 Å². The fraction of sp³-hybridized carbons (Fsp3) is 0.211. The van der Waals surface area contributed by atoms with Crippen molar-refractivity contribution in [3.05, 3.63) is 59.9 Å². The van der Waals surface area contributed by atoms with Gasteiger partial charge >= 0.3 is 0 Å². The van der Waals surface area contributed by atoms with Crippen LogP contribution in [-0.4, -0.2) is 37.9 Å². The highest BCUT2D eigenvalue weighted by atomic mass is 19.1. The van der Waals surface area contributed by atoms with E-state index in [-0.39, 0.29) is 6.42 Å². The monoisotopic (exact) mass is 370 g/mol. The summed E-state index contributed by atoms with van der Waals surface area (Å²) < 4.78 is 13.0. The molecule has 140 valence electrons. The first kappa shape index (κ1) is 18.5. The normalized spacial score (nSPS) is 16.6. The van der Waals surface area contributed by atoms with Crippen LogP contribution in [0.1, 0.15) is 16.8 Å². The minimum Gasteiger partial charge on any atom is -0.378 e. The molecule has 0 bridgehead atoms. The summed E-state index contributed by atoms with van der Waals surface area (Å²) in [5, 5.41) is 0. The minimum atomic E-state index is -0.882. The number of nitrogens with zero attached hydrogens (tertiary/aromatic N) is 2. The molecule has 2 N–H and O–H groups in total. The highest BCUT2D eigenvalue weighted by Gasteiger charge is 2.39. The molecule has 3 rings (SSSR count). The molecule has 1 fully saturated rings. The van der Waals surface area contributed by atoms with Gasteiger partial charge in [-0.3, -0.25) is 19.8 Å². The minimum absolute atomic E-state index is 0.101. The smallest absolute Gasteiger partial charge is 0.265 e. The van der Waals surface area contributed by atoms with Gasteiger partial charge in [0.1, 0.15) is 11.9 Å². The van der Waals surface area contributed by atoms with Gasteiger partial charge in [0.2, 0.25) is 5.91 Å². The number of rotatable bonds is 5. The van der Waals surface area contributed by atoms with E-state index < -0.39 is 29.6 Å². The number of hydrazine groups is 1. The Morgan fingerprint density at radius 3 is 2.30 bits per heavy atom. The van der Waals surface area contributed by atoms with E-state index in [9.17, 15) is 18.8 Å². The highest BCUT2D eigenvalue weighted by Crippen LogP contribution is 2.22. The SMILES string of the molecule is CN(C)c1ccc(C(=O)NN[C@@H]2CC(=O)N(c3ccc(F)cc3)C2=O)cc1. The van der Waals surface area contributed by atoms with Crippen molar-refractivity contribution in [2.45, 2.75) is 12.5 Å². The summed E-state index contributed by atoms with van der Waals surface area (Å²) in [7, 11) is 3.79. The topological polar surface area (TPSA) is 81.8 Å². The molecular formula is C19H19FN4O3. The maximum atomic E-state index is 13.0. The fourth-order valence-corrected chi connectivity index (χ4v) is 2.74. The summed E-state index contributed by atoms with van der Waals surface area (Å²) in [5.74, 6) is -1.80.